The molecule has 1 nitrogen and oxygen atoms in total. The average molecular weight is 124 g/mol. The molecule has 2 aliphatic rings. The molecule has 2 rings (SSSR count). The van der Waals surface area contributed by atoms with Crippen LogP contribution in [-0.2, 0) is 4.79 Å². The number of carbonyl (C=O) groups excluding carboxylic acids is 1. The average Bonchev–Trinajstić information content (AvgIpc) is 2.49. The Morgan fingerprint density at radius 3 is 2.00 bits per heavy atom. The highest BCUT2D eigenvalue weighted by Crippen LogP contribution is 2.68. The van der Waals surface area contributed by atoms with Crippen LogP contribution in [0.1, 0.15) is 33.1 Å². The van der Waals surface area contributed by atoms with Crippen molar-refractivity contribution < 1.29 is 4.79 Å². The summed E-state index contributed by atoms with van der Waals surface area (Å²) in [5.41, 5.74) is 0.539. The fourth-order valence-corrected chi connectivity index (χ4v) is 1.89. The molecule has 0 atom stereocenters. The van der Waals surface area contributed by atoms with Crippen LogP contribution in [0, 0.1) is 10.8 Å². The fourth-order valence-electron chi connectivity index (χ4n) is 1.89. The van der Waals surface area contributed by atoms with Gasteiger partial charge in [0.2, 0.25) is 0 Å². The monoisotopic (exact) mass is 124 g/mol. The second-order valence-electron chi connectivity index (χ2n) is 4.01. The molecule has 0 aromatic carbocycles. The number of rotatable bonds is 0. The summed E-state index contributed by atoms with van der Waals surface area (Å²) in [6.45, 7) is 4.18. The van der Waals surface area contributed by atoms with Gasteiger partial charge in [-0.3, -0.25) is 4.79 Å². The maximum absolute atomic E-state index is 11.0. The molecule has 0 bridgehead atoms. The molecule has 0 heterocycles. The molecule has 0 radical (unpaired) electrons. The third kappa shape index (κ3) is 0.405. The summed E-state index contributed by atoms with van der Waals surface area (Å²) < 4.78 is 0. The number of hydrogen-bond donors (Lipinski definition) is 0. The fraction of sp³-hybridized carbons (Fsp3) is 0.875. The third-order valence-corrected chi connectivity index (χ3v) is 3.38. The molecule has 0 aliphatic heterocycles. The van der Waals surface area contributed by atoms with Gasteiger partial charge < -0.3 is 0 Å². The summed E-state index contributed by atoms with van der Waals surface area (Å²) in [5.74, 6) is 0.472. The first-order valence-electron chi connectivity index (χ1n) is 3.62. The van der Waals surface area contributed by atoms with Gasteiger partial charge in [-0.1, -0.05) is 13.8 Å². The largest absolute Gasteiger partial charge is 0.299 e. The Labute approximate surface area is 55.4 Å². The second kappa shape index (κ2) is 1.09. The van der Waals surface area contributed by atoms with E-state index < -0.39 is 0 Å². The van der Waals surface area contributed by atoms with E-state index in [9.17, 15) is 4.79 Å². The van der Waals surface area contributed by atoms with Gasteiger partial charge in [0.1, 0.15) is 5.78 Å². The van der Waals surface area contributed by atoms with Crippen LogP contribution in [0.3, 0.4) is 0 Å². The normalized spacial score (nSPS) is 34.2. The van der Waals surface area contributed by atoms with E-state index in [0.29, 0.717) is 11.2 Å². The molecule has 2 saturated carbocycles. The van der Waals surface area contributed by atoms with Crippen LogP contribution in [0.4, 0.5) is 0 Å². The molecule has 9 heavy (non-hydrogen) atoms. The summed E-state index contributed by atoms with van der Waals surface area (Å²) in [4.78, 5) is 11.0. The molecule has 2 fully saturated rings. The van der Waals surface area contributed by atoms with Gasteiger partial charge in [-0.25, -0.2) is 0 Å². The van der Waals surface area contributed by atoms with E-state index >= 15 is 0 Å². The highest BCUT2D eigenvalue weighted by atomic mass is 16.1. The molecule has 50 valence electrons. The number of Topliss-reactive ketones (excluding diaryl/α,β-unsaturated/α-hetero) is 1. The van der Waals surface area contributed by atoms with Crippen LogP contribution in [0.25, 0.3) is 0 Å². The Balaban J connectivity index is 2.28. The minimum Gasteiger partial charge on any atom is -0.299 e. The third-order valence-electron chi connectivity index (χ3n) is 3.38. The lowest BCUT2D eigenvalue weighted by Crippen LogP contribution is -2.47. The predicted octanol–water partition coefficient (Wildman–Crippen LogP) is 1.77. The Kier molecular flexibility index (Phi) is 0.662. The Morgan fingerprint density at radius 1 is 1.33 bits per heavy atom. The quantitative estimate of drug-likeness (QED) is 0.481. The van der Waals surface area contributed by atoms with Crippen molar-refractivity contribution in [3.05, 3.63) is 0 Å². The molecular weight excluding hydrogens is 112 g/mol. The van der Waals surface area contributed by atoms with Crippen LogP contribution in [-0.4, -0.2) is 5.78 Å². The molecule has 2 aliphatic carbocycles. The van der Waals surface area contributed by atoms with Gasteiger partial charge in [0.05, 0.1) is 0 Å². The Morgan fingerprint density at radius 2 is 1.89 bits per heavy atom. The molecule has 0 N–H and O–H groups in total. The van der Waals surface area contributed by atoms with E-state index in [1.54, 1.807) is 0 Å². The minimum absolute atomic E-state index is 0.0486. The summed E-state index contributed by atoms with van der Waals surface area (Å²) in [6.07, 6.45) is 3.47. The molecule has 1 spiro atoms. The van der Waals surface area contributed by atoms with Crippen molar-refractivity contribution in [3.63, 3.8) is 0 Å². The molecule has 0 unspecified atom stereocenters. The van der Waals surface area contributed by atoms with E-state index in [-0.39, 0.29) is 5.41 Å². The van der Waals surface area contributed by atoms with Gasteiger partial charge in [-0.05, 0) is 18.3 Å². The highest BCUT2D eigenvalue weighted by molar-refractivity contribution is 5.93. The predicted molar refractivity (Wildman–Crippen MR) is 35.1 cm³/mol. The molecular formula is C8H12O. The Bertz CT molecular complexity index is 175. The van der Waals surface area contributed by atoms with Crippen molar-refractivity contribution in [2.75, 3.05) is 0 Å². The lowest BCUT2D eigenvalue weighted by atomic mass is 9.58. The minimum atomic E-state index is 0.0486. The van der Waals surface area contributed by atoms with Crippen molar-refractivity contribution in [2.45, 2.75) is 33.1 Å². The standard InChI is InChI=1S/C8H12O/c1-7(2)6(9)5-8(7)3-4-8/h3-5H2,1-2H3. The van der Waals surface area contributed by atoms with Crippen molar-refractivity contribution in [1.82, 2.24) is 0 Å². The van der Waals surface area contributed by atoms with Gasteiger partial charge in [0.25, 0.3) is 0 Å². The van der Waals surface area contributed by atoms with Gasteiger partial charge >= 0.3 is 0 Å². The molecule has 1 heteroatoms. The van der Waals surface area contributed by atoms with E-state index in [0.717, 1.165) is 6.42 Å². The van der Waals surface area contributed by atoms with Crippen molar-refractivity contribution in [3.8, 4) is 0 Å². The van der Waals surface area contributed by atoms with Gasteiger partial charge in [-0.15, -0.1) is 0 Å². The first-order valence-corrected chi connectivity index (χ1v) is 3.62. The zero-order valence-corrected chi connectivity index (χ0v) is 6.03. The van der Waals surface area contributed by atoms with Crippen molar-refractivity contribution in [1.29, 1.82) is 0 Å². The molecule has 0 aromatic heterocycles. The van der Waals surface area contributed by atoms with E-state index in [1.165, 1.54) is 12.8 Å². The summed E-state index contributed by atoms with van der Waals surface area (Å²) in [7, 11) is 0. The van der Waals surface area contributed by atoms with Crippen LogP contribution in [0.2, 0.25) is 0 Å². The molecule has 0 aromatic rings. The van der Waals surface area contributed by atoms with Crippen LogP contribution in [0.15, 0.2) is 0 Å². The van der Waals surface area contributed by atoms with Crippen LogP contribution >= 0.6 is 0 Å². The number of hydrogen-bond acceptors (Lipinski definition) is 1. The lowest BCUT2D eigenvalue weighted by Gasteiger charge is -2.43. The summed E-state index contributed by atoms with van der Waals surface area (Å²) in [5, 5.41) is 0. The van der Waals surface area contributed by atoms with Gasteiger partial charge in [-0.2, -0.15) is 0 Å². The highest BCUT2D eigenvalue weighted by Gasteiger charge is 2.66. The van der Waals surface area contributed by atoms with Crippen molar-refractivity contribution >= 4 is 5.78 Å². The van der Waals surface area contributed by atoms with Gasteiger partial charge in [0, 0.05) is 11.8 Å². The van der Waals surface area contributed by atoms with Gasteiger partial charge in [0.15, 0.2) is 0 Å². The second-order valence-corrected chi connectivity index (χ2v) is 4.01. The van der Waals surface area contributed by atoms with E-state index in [2.05, 4.69) is 13.8 Å². The lowest BCUT2D eigenvalue weighted by molar-refractivity contribution is -0.145. The first kappa shape index (κ1) is 5.45. The van der Waals surface area contributed by atoms with E-state index in [1.807, 2.05) is 0 Å². The number of ketones is 1. The zero-order valence-electron chi connectivity index (χ0n) is 6.03. The summed E-state index contributed by atoms with van der Waals surface area (Å²) >= 11 is 0. The molecule has 0 saturated heterocycles. The van der Waals surface area contributed by atoms with Crippen LogP contribution < -0.4 is 0 Å². The maximum atomic E-state index is 11.0. The number of carbonyl (C=O) groups is 1. The first-order chi connectivity index (χ1) is 4.08. The molecule has 0 amide bonds. The van der Waals surface area contributed by atoms with E-state index in [4.69, 9.17) is 0 Å². The summed E-state index contributed by atoms with van der Waals surface area (Å²) in [6, 6.07) is 0. The van der Waals surface area contributed by atoms with Crippen molar-refractivity contribution in [2.24, 2.45) is 10.8 Å². The smallest absolute Gasteiger partial charge is 0.139 e. The topological polar surface area (TPSA) is 17.1 Å². The maximum Gasteiger partial charge on any atom is 0.139 e. The van der Waals surface area contributed by atoms with Crippen LogP contribution in [0.5, 0.6) is 0 Å². The Hall–Kier alpha value is -0.330. The SMILES string of the molecule is CC1(C)C(=O)CC12CC2. The zero-order chi connectivity index (χ0) is 6.70.